The van der Waals surface area contributed by atoms with Crippen LogP contribution in [0.2, 0.25) is 0 Å². The van der Waals surface area contributed by atoms with E-state index in [9.17, 15) is 0 Å². The topological polar surface area (TPSA) is 26.0 Å². The van der Waals surface area contributed by atoms with Crippen LogP contribution in [0, 0.1) is 0 Å². The minimum atomic E-state index is 0.346. The van der Waals surface area contributed by atoms with Crippen LogP contribution in [0.5, 0.6) is 0 Å². The summed E-state index contributed by atoms with van der Waals surface area (Å²) in [5.41, 5.74) is 5.98. The van der Waals surface area contributed by atoms with Crippen molar-refractivity contribution < 1.29 is 0 Å². The lowest BCUT2D eigenvalue weighted by atomic mass is 10.0. The molecule has 0 aliphatic heterocycles. The first kappa shape index (κ1) is 23.7. The zero-order valence-electron chi connectivity index (χ0n) is 16.9. The summed E-state index contributed by atoms with van der Waals surface area (Å²) < 4.78 is 0. The second kappa shape index (κ2) is 20.7. The van der Waals surface area contributed by atoms with Gasteiger partial charge in [-0.05, 0) is 12.8 Å². The molecule has 144 valence electrons. The van der Waals surface area contributed by atoms with E-state index in [0.717, 1.165) is 6.42 Å². The number of nitrogens with two attached hydrogens (primary N) is 1. The number of hydrogen-bond acceptors (Lipinski definition) is 1. The second-order valence-corrected chi connectivity index (χ2v) is 7.73. The number of rotatable bonds is 20. The predicted molar refractivity (Wildman–Crippen MR) is 112 cm³/mol. The van der Waals surface area contributed by atoms with Crippen molar-refractivity contribution in [3.63, 3.8) is 0 Å². The molecule has 0 saturated carbocycles. The normalized spacial score (nSPS) is 12.4. The zero-order valence-corrected chi connectivity index (χ0v) is 16.9. The lowest BCUT2D eigenvalue weighted by molar-refractivity contribution is 0.514. The molecule has 0 radical (unpaired) electrons. The Morgan fingerprint density at radius 1 is 0.625 bits per heavy atom. The highest BCUT2D eigenvalue weighted by molar-refractivity contribution is 4.74. The number of unbranched alkanes of at least 4 members (excludes halogenated alkanes) is 16. The van der Waals surface area contributed by atoms with Crippen LogP contribution in [0.15, 0.2) is 12.7 Å². The molecule has 0 aromatic rings. The number of hydrogen-bond donors (Lipinski definition) is 1. The largest absolute Gasteiger partial charge is 0.327 e. The Morgan fingerprint density at radius 2 is 0.958 bits per heavy atom. The van der Waals surface area contributed by atoms with Crippen LogP contribution in [0.1, 0.15) is 129 Å². The van der Waals surface area contributed by atoms with E-state index in [0.29, 0.717) is 6.04 Å². The van der Waals surface area contributed by atoms with Crippen LogP contribution in [0.3, 0.4) is 0 Å². The van der Waals surface area contributed by atoms with Crippen LogP contribution in [0.25, 0.3) is 0 Å². The first-order chi connectivity index (χ1) is 11.8. The molecule has 2 N–H and O–H groups in total. The fourth-order valence-electron chi connectivity index (χ4n) is 3.46. The molecular weight excluding hydrogens is 290 g/mol. The first-order valence-electron chi connectivity index (χ1n) is 11.2. The second-order valence-electron chi connectivity index (χ2n) is 7.73. The lowest BCUT2D eigenvalue weighted by Gasteiger charge is -2.08. The molecule has 1 atom stereocenters. The van der Waals surface area contributed by atoms with Gasteiger partial charge < -0.3 is 5.73 Å². The Balaban J connectivity index is 3.01. The predicted octanol–water partition coefficient (Wildman–Crippen LogP) is 7.93. The van der Waals surface area contributed by atoms with Crippen molar-refractivity contribution in [2.24, 2.45) is 5.73 Å². The van der Waals surface area contributed by atoms with Crippen molar-refractivity contribution >= 4 is 0 Å². The van der Waals surface area contributed by atoms with Gasteiger partial charge in [0.05, 0.1) is 0 Å². The maximum atomic E-state index is 5.98. The molecule has 0 spiro atoms. The molecule has 0 fully saturated rings. The molecule has 1 unspecified atom stereocenters. The van der Waals surface area contributed by atoms with Crippen molar-refractivity contribution in [2.75, 3.05) is 0 Å². The van der Waals surface area contributed by atoms with Gasteiger partial charge in [-0.25, -0.2) is 0 Å². The maximum Gasteiger partial charge on any atom is 0.00733 e. The summed E-state index contributed by atoms with van der Waals surface area (Å²) in [6, 6.07) is 0.346. The highest BCUT2D eigenvalue weighted by atomic mass is 14.6. The molecule has 0 saturated heterocycles. The third-order valence-electron chi connectivity index (χ3n) is 5.15. The van der Waals surface area contributed by atoms with Gasteiger partial charge >= 0.3 is 0 Å². The van der Waals surface area contributed by atoms with Crippen LogP contribution in [0.4, 0.5) is 0 Å². The van der Waals surface area contributed by atoms with Gasteiger partial charge in [0, 0.05) is 6.04 Å². The summed E-state index contributed by atoms with van der Waals surface area (Å²) in [4.78, 5) is 0. The Morgan fingerprint density at radius 3 is 1.29 bits per heavy atom. The molecule has 1 nitrogen and oxygen atoms in total. The van der Waals surface area contributed by atoms with E-state index in [1.165, 1.54) is 116 Å². The SMILES string of the molecule is C=CCC(N)CCCCCCCCCCCCCCCCCCC. The van der Waals surface area contributed by atoms with Crippen molar-refractivity contribution in [3.8, 4) is 0 Å². The summed E-state index contributed by atoms with van der Waals surface area (Å²) in [6.45, 7) is 6.04. The van der Waals surface area contributed by atoms with Crippen molar-refractivity contribution in [2.45, 2.75) is 135 Å². The van der Waals surface area contributed by atoms with Gasteiger partial charge in [0.2, 0.25) is 0 Å². The van der Waals surface area contributed by atoms with E-state index in [-0.39, 0.29) is 0 Å². The monoisotopic (exact) mass is 337 g/mol. The Labute approximate surface area is 153 Å². The molecule has 0 aliphatic rings. The lowest BCUT2D eigenvalue weighted by Crippen LogP contribution is -2.18. The van der Waals surface area contributed by atoms with E-state index in [4.69, 9.17) is 5.73 Å². The molecule has 0 bridgehead atoms. The van der Waals surface area contributed by atoms with Crippen LogP contribution in [-0.4, -0.2) is 6.04 Å². The van der Waals surface area contributed by atoms with Gasteiger partial charge in [-0.2, -0.15) is 0 Å². The van der Waals surface area contributed by atoms with Gasteiger partial charge in [-0.15, -0.1) is 6.58 Å². The standard InChI is InChI=1S/C23H47N/c1-3-5-6-7-8-9-10-11-12-13-14-15-16-17-18-19-20-22-23(24)21-4-2/h4,23H,2-3,5-22,24H2,1H3. The summed E-state index contributed by atoms with van der Waals surface area (Å²) in [5.74, 6) is 0. The minimum absolute atomic E-state index is 0.346. The highest BCUT2D eigenvalue weighted by Gasteiger charge is 1.99. The fraction of sp³-hybridized carbons (Fsp3) is 0.913. The molecule has 0 aliphatic carbocycles. The Kier molecular flexibility index (Phi) is 20.5. The molecule has 0 heterocycles. The molecule has 24 heavy (non-hydrogen) atoms. The Bertz CT molecular complexity index is 236. The third kappa shape index (κ3) is 19.7. The average molecular weight is 338 g/mol. The van der Waals surface area contributed by atoms with Gasteiger partial charge in [0.1, 0.15) is 0 Å². The third-order valence-corrected chi connectivity index (χ3v) is 5.15. The van der Waals surface area contributed by atoms with Gasteiger partial charge in [0.25, 0.3) is 0 Å². The molecular formula is C23H47N. The van der Waals surface area contributed by atoms with Gasteiger partial charge in [0.15, 0.2) is 0 Å². The first-order valence-corrected chi connectivity index (χ1v) is 11.2. The van der Waals surface area contributed by atoms with E-state index in [2.05, 4.69) is 13.5 Å². The summed E-state index contributed by atoms with van der Waals surface area (Å²) >= 11 is 0. The maximum absolute atomic E-state index is 5.98. The molecule has 0 aromatic heterocycles. The van der Waals surface area contributed by atoms with Crippen molar-refractivity contribution in [1.82, 2.24) is 0 Å². The summed E-state index contributed by atoms with van der Waals surface area (Å²) in [6.07, 6.45) is 28.5. The van der Waals surface area contributed by atoms with Crippen molar-refractivity contribution in [1.29, 1.82) is 0 Å². The highest BCUT2D eigenvalue weighted by Crippen LogP contribution is 2.14. The molecule has 0 aromatic carbocycles. The average Bonchev–Trinajstić information content (AvgIpc) is 2.58. The van der Waals surface area contributed by atoms with Crippen molar-refractivity contribution in [3.05, 3.63) is 12.7 Å². The molecule has 0 amide bonds. The molecule has 1 heteroatoms. The van der Waals surface area contributed by atoms with E-state index in [1.54, 1.807) is 0 Å². The Hall–Kier alpha value is -0.300. The summed E-state index contributed by atoms with van der Waals surface area (Å²) in [5, 5.41) is 0. The quantitative estimate of drug-likeness (QED) is 0.177. The van der Waals surface area contributed by atoms with Gasteiger partial charge in [-0.3, -0.25) is 0 Å². The zero-order chi connectivity index (χ0) is 17.7. The smallest absolute Gasteiger partial charge is 0.00733 e. The van der Waals surface area contributed by atoms with E-state index >= 15 is 0 Å². The fourth-order valence-corrected chi connectivity index (χ4v) is 3.46. The molecule has 0 rings (SSSR count). The van der Waals surface area contributed by atoms with Crippen LogP contribution in [-0.2, 0) is 0 Å². The van der Waals surface area contributed by atoms with E-state index < -0.39 is 0 Å². The van der Waals surface area contributed by atoms with E-state index in [1.807, 2.05) is 6.08 Å². The van der Waals surface area contributed by atoms with Crippen LogP contribution < -0.4 is 5.73 Å². The minimum Gasteiger partial charge on any atom is -0.327 e. The van der Waals surface area contributed by atoms with Crippen LogP contribution >= 0.6 is 0 Å². The summed E-state index contributed by atoms with van der Waals surface area (Å²) in [7, 11) is 0. The van der Waals surface area contributed by atoms with Gasteiger partial charge in [-0.1, -0.05) is 122 Å².